The Bertz CT molecular complexity index is 421. The van der Waals surface area contributed by atoms with Crippen LogP contribution in [0.5, 0.6) is 5.75 Å². The summed E-state index contributed by atoms with van der Waals surface area (Å²) in [5, 5.41) is 0. The van der Waals surface area contributed by atoms with Gasteiger partial charge in [-0.2, -0.15) is 0 Å². The second kappa shape index (κ2) is 8.55. The summed E-state index contributed by atoms with van der Waals surface area (Å²) in [6, 6.07) is 7.60. The molecule has 1 rings (SSSR count). The lowest BCUT2D eigenvalue weighted by Gasteiger charge is -2.26. The highest BCUT2D eigenvalue weighted by Crippen LogP contribution is 2.17. The van der Waals surface area contributed by atoms with E-state index in [0.717, 1.165) is 5.56 Å². The Morgan fingerprint density at radius 3 is 2.65 bits per heavy atom. The van der Waals surface area contributed by atoms with Gasteiger partial charge in [0.15, 0.2) is 6.61 Å². The maximum Gasteiger partial charge on any atom is 0.260 e. The topological polar surface area (TPSA) is 64.8 Å². The summed E-state index contributed by atoms with van der Waals surface area (Å²) in [5.41, 5.74) is 6.54. The molecule has 0 saturated carbocycles. The summed E-state index contributed by atoms with van der Waals surface area (Å²) >= 11 is 0. The third kappa shape index (κ3) is 4.83. The van der Waals surface area contributed by atoms with Crippen LogP contribution in [0.4, 0.5) is 0 Å². The Hall–Kier alpha value is -1.59. The normalized spacial score (nSPS) is 10.7. The molecule has 0 aliphatic heterocycles. The maximum atomic E-state index is 12.2. The molecule has 112 valence electrons. The van der Waals surface area contributed by atoms with E-state index < -0.39 is 0 Å². The first-order chi connectivity index (χ1) is 9.60. The molecule has 1 aromatic rings. The van der Waals surface area contributed by atoms with E-state index in [9.17, 15) is 4.79 Å². The first-order valence-electron chi connectivity index (χ1n) is 6.79. The summed E-state index contributed by atoms with van der Waals surface area (Å²) in [6.45, 7) is 5.43. The zero-order valence-electron chi connectivity index (χ0n) is 12.5. The molecule has 0 unspecified atom stereocenters. The molecule has 1 aromatic carbocycles. The Kier molecular flexibility index (Phi) is 7.04. The molecule has 0 aliphatic carbocycles. The molecule has 2 N–H and O–H groups in total. The van der Waals surface area contributed by atoms with Gasteiger partial charge in [0.2, 0.25) is 0 Å². The molecule has 0 aliphatic rings. The molecule has 1 amide bonds. The van der Waals surface area contributed by atoms with Crippen LogP contribution in [0.3, 0.4) is 0 Å². The summed E-state index contributed by atoms with van der Waals surface area (Å²) in [4.78, 5) is 13.9. The first kappa shape index (κ1) is 16.5. The van der Waals surface area contributed by atoms with Crippen molar-refractivity contribution in [2.45, 2.75) is 26.4 Å². The highest BCUT2D eigenvalue weighted by molar-refractivity contribution is 5.78. The van der Waals surface area contributed by atoms with Crippen molar-refractivity contribution in [2.24, 2.45) is 5.73 Å². The predicted octanol–water partition coefficient (Wildman–Crippen LogP) is 1.41. The monoisotopic (exact) mass is 280 g/mol. The summed E-state index contributed by atoms with van der Waals surface area (Å²) in [7, 11) is 1.62. The molecule has 0 atom stereocenters. The van der Waals surface area contributed by atoms with E-state index >= 15 is 0 Å². The van der Waals surface area contributed by atoms with Crippen molar-refractivity contribution < 1.29 is 14.3 Å². The minimum atomic E-state index is -0.0520. The number of nitrogens with two attached hydrogens (primary N) is 1. The Balaban J connectivity index is 2.60. The van der Waals surface area contributed by atoms with Crippen LogP contribution in [-0.2, 0) is 16.1 Å². The quantitative estimate of drug-likeness (QED) is 0.782. The van der Waals surface area contributed by atoms with E-state index in [0.29, 0.717) is 25.4 Å². The van der Waals surface area contributed by atoms with Gasteiger partial charge in [-0.15, -0.1) is 0 Å². The van der Waals surface area contributed by atoms with Crippen LogP contribution in [0, 0.1) is 0 Å². The number of amides is 1. The van der Waals surface area contributed by atoms with E-state index in [1.165, 1.54) is 0 Å². The second-order valence-electron chi connectivity index (χ2n) is 4.77. The third-order valence-corrected chi connectivity index (χ3v) is 3.02. The number of hydrogen-bond donors (Lipinski definition) is 1. The van der Waals surface area contributed by atoms with Crippen molar-refractivity contribution in [3.8, 4) is 5.75 Å². The smallest absolute Gasteiger partial charge is 0.260 e. The number of rotatable bonds is 8. The fourth-order valence-corrected chi connectivity index (χ4v) is 1.90. The van der Waals surface area contributed by atoms with Gasteiger partial charge in [0.1, 0.15) is 5.75 Å². The Morgan fingerprint density at radius 2 is 2.05 bits per heavy atom. The van der Waals surface area contributed by atoms with Crippen molar-refractivity contribution >= 4 is 5.91 Å². The number of benzene rings is 1. The van der Waals surface area contributed by atoms with E-state index in [4.69, 9.17) is 15.2 Å². The molecule has 20 heavy (non-hydrogen) atoms. The highest BCUT2D eigenvalue weighted by atomic mass is 16.5. The minimum Gasteiger partial charge on any atom is -0.483 e. The zero-order chi connectivity index (χ0) is 15.0. The van der Waals surface area contributed by atoms with Crippen LogP contribution in [0.1, 0.15) is 19.4 Å². The maximum absolute atomic E-state index is 12.2. The third-order valence-electron chi connectivity index (χ3n) is 3.02. The van der Waals surface area contributed by atoms with Crippen LogP contribution < -0.4 is 10.5 Å². The Morgan fingerprint density at radius 1 is 1.35 bits per heavy atom. The van der Waals surface area contributed by atoms with Crippen molar-refractivity contribution in [2.75, 3.05) is 26.9 Å². The molecule has 0 radical (unpaired) electrons. The second-order valence-corrected chi connectivity index (χ2v) is 4.77. The largest absolute Gasteiger partial charge is 0.483 e. The van der Waals surface area contributed by atoms with Crippen molar-refractivity contribution in [3.05, 3.63) is 29.8 Å². The molecule has 0 aromatic heterocycles. The number of carbonyl (C=O) groups is 1. The van der Waals surface area contributed by atoms with Gasteiger partial charge < -0.3 is 20.1 Å². The molecular weight excluding hydrogens is 256 g/mol. The van der Waals surface area contributed by atoms with Gasteiger partial charge in [0.05, 0.1) is 6.61 Å². The van der Waals surface area contributed by atoms with Crippen molar-refractivity contribution in [1.82, 2.24) is 4.90 Å². The number of nitrogens with zero attached hydrogens (tertiary/aromatic N) is 1. The van der Waals surface area contributed by atoms with Gasteiger partial charge in [0, 0.05) is 31.8 Å². The van der Waals surface area contributed by atoms with E-state index in [1.807, 2.05) is 38.1 Å². The van der Waals surface area contributed by atoms with Crippen LogP contribution in [0.15, 0.2) is 24.3 Å². The lowest BCUT2D eigenvalue weighted by Crippen LogP contribution is -2.42. The molecule has 5 heteroatoms. The molecule has 5 nitrogen and oxygen atoms in total. The van der Waals surface area contributed by atoms with Crippen molar-refractivity contribution in [3.63, 3.8) is 0 Å². The lowest BCUT2D eigenvalue weighted by molar-refractivity contribution is -0.135. The van der Waals surface area contributed by atoms with Gasteiger partial charge in [-0.05, 0) is 19.9 Å². The van der Waals surface area contributed by atoms with E-state index in [1.54, 1.807) is 12.0 Å². The van der Waals surface area contributed by atoms with Gasteiger partial charge in [-0.25, -0.2) is 0 Å². The van der Waals surface area contributed by atoms with E-state index in [2.05, 4.69) is 0 Å². The number of hydrogen-bond acceptors (Lipinski definition) is 4. The minimum absolute atomic E-state index is 0.0128. The van der Waals surface area contributed by atoms with Crippen LogP contribution in [0.2, 0.25) is 0 Å². The summed E-state index contributed by atoms with van der Waals surface area (Å²) in [5.74, 6) is 0.614. The summed E-state index contributed by atoms with van der Waals surface area (Å²) < 4.78 is 10.6. The Labute approximate surface area is 120 Å². The molecule has 0 fully saturated rings. The molecule has 0 heterocycles. The zero-order valence-corrected chi connectivity index (χ0v) is 12.5. The number of carbonyl (C=O) groups excluding carboxylic acids is 1. The lowest BCUT2D eigenvalue weighted by atomic mass is 10.2. The average molecular weight is 280 g/mol. The van der Waals surface area contributed by atoms with Gasteiger partial charge in [0.25, 0.3) is 5.91 Å². The average Bonchev–Trinajstić information content (AvgIpc) is 2.45. The van der Waals surface area contributed by atoms with E-state index in [-0.39, 0.29) is 18.6 Å². The molecular formula is C15H24N2O3. The fourth-order valence-electron chi connectivity index (χ4n) is 1.90. The molecule has 0 bridgehead atoms. The molecule has 0 saturated heterocycles. The van der Waals surface area contributed by atoms with Crippen LogP contribution >= 0.6 is 0 Å². The number of para-hydroxylation sites is 1. The predicted molar refractivity (Wildman–Crippen MR) is 78.6 cm³/mol. The molecule has 0 spiro atoms. The SMILES string of the molecule is COCCN(C(=O)COc1ccccc1CN)C(C)C. The first-order valence-corrected chi connectivity index (χ1v) is 6.79. The van der Waals surface area contributed by atoms with Crippen LogP contribution in [-0.4, -0.2) is 43.7 Å². The number of methoxy groups -OCH3 is 1. The number of ether oxygens (including phenoxy) is 2. The van der Waals surface area contributed by atoms with Gasteiger partial charge >= 0.3 is 0 Å². The van der Waals surface area contributed by atoms with Gasteiger partial charge in [-0.3, -0.25) is 4.79 Å². The van der Waals surface area contributed by atoms with Gasteiger partial charge in [-0.1, -0.05) is 18.2 Å². The standard InChI is InChI=1S/C15H24N2O3/c1-12(2)17(8-9-19-3)15(18)11-20-14-7-5-4-6-13(14)10-16/h4-7,12H,8-11,16H2,1-3H3. The van der Waals surface area contributed by atoms with Crippen molar-refractivity contribution in [1.29, 1.82) is 0 Å². The highest BCUT2D eigenvalue weighted by Gasteiger charge is 2.17. The summed E-state index contributed by atoms with van der Waals surface area (Å²) in [6.07, 6.45) is 0. The fraction of sp³-hybridized carbons (Fsp3) is 0.533. The van der Waals surface area contributed by atoms with Crippen LogP contribution in [0.25, 0.3) is 0 Å².